The van der Waals surface area contributed by atoms with Gasteiger partial charge in [-0.3, -0.25) is 0 Å². The molecule has 4 rings (SSSR count). The van der Waals surface area contributed by atoms with E-state index in [4.69, 9.17) is 0 Å². The van der Waals surface area contributed by atoms with Gasteiger partial charge < -0.3 is 0 Å². The Labute approximate surface area is 200 Å². The molecule has 0 unspecified atom stereocenters. The number of halogens is 3. The van der Waals surface area contributed by atoms with E-state index in [1.165, 1.54) is 36.6 Å². The summed E-state index contributed by atoms with van der Waals surface area (Å²) in [4.78, 5) is 0. The Bertz CT molecular complexity index is 1260. The van der Waals surface area contributed by atoms with E-state index < -0.39 is 17.5 Å². The summed E-state index contributed by atoms with van der Waals surface area (Å²) in [5, 5.41) is 0. The van der Waals surface area contributed by atoms with Crippen molar-refractivity contribution in [1.29, 1.82) is 0 Å². The molecule has 0 nitrogen and oxygen atoms in total. The van der Waals surface area contributed by atoms with Crippen molar-refractivity contribution in [3.05, 3.63) is 107 Å². The van der Waals surface area contributed by atoms with Gasteiger partial charge in [0, 0.05) is 11.1 Å². The molecule has 0 aliphatic heterocycles. The summed E-state index contributed by atoms with van der Waals surface area (Å²) < 4.78 is 44.0. The quantitative estimate of drug-likeness (QED) is 0.247. The molecule has 4 aromatic carbocycles. The highest BCUT2D eigenvalue weighted by Gasteiger charge is 2.17. The minimum atomic E-state index is -0.998. The van der Waals surface area contributed by atoms with Crippen molar-refractivity contribution in [2.45, 2.75) is 46.0 Å². The third kappa shape index (κ3) is 5.09. The molecule has 0 saturated heterocycles. The van der Waals surface area contributed by atoms with Crippen LogP contribution in [0.25, 0.3) is 33.4 Å². The smallest absolute Gasteiger partial charge is 0.167 e. The topological polar surface area (TPSA) is 0 Å². The average molecular weight is 459 g/mol. The summed E-state index contributed by atoms with van der Waals surface area (Å²) in [5.74, 6) is -2.47. The normalized spacial score (nSPS) is 11.1. The van der Waals surface area contributed by atoms with Gasteiger partial charge in [-0.2, -0.15) is 0 Å². The van der Waals surface area contributed by atoms with Crippen LogP contribution < -0.4 is 0 Å². The fourth-order valence-electron chi connectivity index (χ4n) is 4.27. The lowest BCUT2D eigenvalue weighted by molar-refractivity contribution is 0.499. The molecule has 0 aliphatic rings. The van der Waals surface area contributed by atoms with E-state index in [1.807, 2.05) is 31.2 Å². The largest absolute Gasteiger partial charge is 0.206 e. The first-order chi connectivity index (χ1) is 16.5. The minimum Gasteiger partial charge on any atom is -0.206 e. The molecule has 0 spiro atoms. The van der Waals surface area contributed by atoms with E-state index >= 15 is 0 Å². The first kappa shape index (κ1) is 23.8. The highest BCUT2D eigenvalue weighted by Crippen LogP contribution is 2.32. The number of rotatable bonds is 8. The van der Waals surface area contributed by atoms with Gasteiger partial charge in [0.05, 0.1) is 0 Å². The summed E-state index contributed by atoms with van der Waals surface area (Å²) in [6.45, 7) is 4.10. The van der Waals surface area contributed by atoms with E-state index in [9.17, 15) is 13.2 Å². The number of unbranched alkanes of at least 4 members (excludes halogenated alkanes) is 1. The predicted molar refractivity (Wildman–Crippen MR) is 135 cm³/mol. The summed E-state index contributed by atoms with van der Waals surface area (Å²) in [6, 6.07) is 24.2. The lowest BCUT2D eigenvalue weighted by Gasteiger charge is -2.11. The zero-order valence-corrected chi connectivity index (χ0v) is 19.7. The average Bonchev–Trinajstić information content (AvgIpc) is 2.86. The van der Waals surface area contributed by atoms with Crippen LogP contribution in [0.1, 0.15) is 44.2 Å². The van der Waals surface area contributed by atoms with Crippen LogP contribution in [0.5, 0.6) is 0 Å². The predicted octanol–water partition coefficient (Wildman–Crippen LogP) is 9.40. The van der Waals surface area contributed by atoms with Crippen LogP contribution in [0, 0.1) is 17.5 Å². The fraction of sp³-hybridized carbons (Fsp3) is 0.226. The van der Waals surface area contributed by atoms with Crippen molar-refractivity contribution in [3.63, 3.8) is 0 Å². The molecular formula is C31H29F3. The molecule has 0 radical (unpaired) electrons. The zero-order valence-electron chi connectivity index (χ0n) is 19.7. The van der Waals surface area contributed by atoms with E-state index in [0.717, 1.165) is 23.1 Å². The number of hydrogen-bond donors (Lipinski definition) is 0. The maximum absolute atomic E-state index is 15.0. The highest BCUT2D eigenvalue weighted by molar-refractivity contribution is 5.74. The zero-order chi connectivity index (χ0) is 24.1. The maximum atomic E-state index is 15.0. The Morgan fingerprint density at radius 1 is 0.529 bits per heavy atom. The van der Waals surface area contributed by atoms with Gasteiger partial charge in [-0.25, -0.2) is 13.2 Å². The molecule has 34 heavy (non-hydrogen) atoms. The SMILES string of the molecule is CCCCc1ccc(-c2ccc(-c3ccc(-c4ccc(CCC)c(F)c4F)c(F)c3)cc2)cc1. The van der Waals surface area contributed by atoms with Crippen molar-refractivity contribution in [2.75, 3.05) is 0 Å². The van der Waals surface area contributed by atoms with Crippen LogP contribution in [0.3, 0.4) is 0 Å². The summed E-state index contributed by atoms with van der Waals surface area (Å²) in [6.07, 6.45) is 4.62. The van der Waals surface area contributed by atoms with Crippen molar-refractivity contribution in [1.82, 2.24) is 0 Å². The van der Waals surface area contributed by atoms with Gasteiger partial charge in [-0.1, -0.05) is 99.5 Å². The molecule has 0 bridgehead atoms. The fourth-order valence-corrected chi connectivity index (χ4v) is 4.27. The Morgan fingerprint density at radius 3 is 1.68 bits per heavy atom. The second kappa shape index (κ2) is 10.7. The van der Waals surface area contributed by atoms with Crippen LogP contribution in [0.4, 0.5) is 13.2 Å². The first-order valence-electron chi connectivity index (χ1n) is 12.0. The van der Waals surface area contributed by atoms with Crippen LogP contribution in [-0.2, 0) is 12.8 Å². The molecule has 0 saturated carbocycles. The maximum Gasteiger partial charge on any atom is 0.167 e. The minimum absolute atomic E-state index is 0.0564. The van der Waals surface area contributed by atoms with Gasteiger partial charge in [-0.15, -0.1) is 0 Å². The lowest BCUT2D eigenvalue weighted by Crippen LogP contribution is -1.98. The van der Waals surface area contributed by atoms with Crippen LogP contribution in [0.15, 0.2) is 78.9 Å². The summed E-state index contributed by atoms with van der Waals surface area (Å²) in [5.41, 5.74) is 5.43. The Morgan fingerprint density at radius 2 is 1.09 bits per heavy atom. The summed E-state index contributed by atoms with van der Waals surface area (Å²) >= 11 is 0. The van der Waals surface area contributed by atoms with Gasteiger partial charge in [0.1, 0.15) is 5.82 Å². The van der Waals surface area contributed by atoms with E-state index in [0.29, 0.717) is 24.0 Å². The summed E-state index contributed by atoms with van der Waals surface area (Å²) in [7, 11) is 0. The van der Waals surface area contributed by atoms with E-state index in [1.54, 1.807) is 12.1 Å². The number of aryl methyl sites for hydroxylation is 2. The second-order valence-corrected chi connectivity index (χ2v) is 8.72. The molecule has 0 aromatic heterocycles. The van der Waals surface area contributed by atoms with Gasteiger partial charge in [-0.05, 0) is 58.7 Å². The lowest BCUT2D eigenvalue weighted by atomic mass is 9.96. The highest BCUT2D eigenvalue weighted by atomic mass is 19.2. The second-order valence-electron chi connectivity index (χ2n) is 8.72. The Kier molecular flexibility index (Phi) is 7.52. The van der Waals surface area contributed by atoms with Crippen molar-refractivity contribution >= 4 is 0 Å². The van der Waals surface area contributed by atoms with Gasteiger partial charge in [0.2, 0.25) is 0 Å². The van der Waals surface area contributed by atoms with Crippen molar-refractivity contribution in [3.8, 4) is 33.4 Å². The first-order valence-corrected chi connectivity index (χ1v) is 12.0. The number of hydrogen-bond acceptors (Lipinski definition) is 0. The van der Waals surface area contributed by atoms with Gasteiger partial charge in [0.15, 0.2) is 11.6 Å². The third-order valence-corrected chi connectivity index (χ3v) is 6.27. The van der Waals surface area contributed by atoms with Crippen molar-refractivity contribution < 1.29 is 13.2 Å². The molecule has 0 aliphatic carbocycles. The monoisotopic (exact) mass is 458 g/mol. The molecule has 0 atom stereocenters. The standard InChI is InChI=1S/C31H29F3/c1-3-5-7-21-8-10-22(11-9-21)23-12-14-24(15-13-23)26-17-18-27(29(32)20-26)28-19-16-25(6-4-2)30(33)31(28)34/h8-20H,3-7H2,1-2H3. The molecular weight excluding hydrogens is 429 g/mol. The molecule has 174 valence electrons. The molecule has 3 heteroatoms. The number of benzene rings is 4. The van der Waals surface area contributed by atoms with Crippen LogP contribution in [0.2, 0.25) is 0 Å². The van der Waals surface area contributed by atoms with Crippen LogP contribution in [-0.4, -0.2) is 0 Å². The van der Waals surface area contributed by atoms with Crippen molar-refractivity contribution in [2.24, 2.45) is 0 Å². The Hall–Kier alpha value is -3.33. The molecule has 0 heterocycles. The molecule has 0 fully saturated rings. The van der Waals surface area contributed by atoms with Crippen LogP contribution >= 0.6 is 0 Å². The molecule has 4 aromatic rings. The van der Waals surface area contributed by atoms with Gasteiger partial charge >= 0.3 is 0 Å². The third-order valence-electron chi connectivity index (χ3n) is 6.27. The Balaban J connectivity index is 1.56. The van der Waals surface area contributed by atoms with Gasteiger partial charge in [0.25, 0.3) is 0 Å². The molecule has 0 N–H and O–H groups in total. The molecule has 0 amide bonds. The van der Waals surface area contributed by atoms with E-state index in [2.05, 4.69) is 31.2 Å². The van der Waals surface area contributed by atoms with E-state index in [-0.39, 0.29) is 11.1 Å².